The van der Waals surface area contributed by atoms with E-state index in [1.54, 1.807) is 12.1 Å². The summed E-state index contributed by atoms with van der Waals surface area (Å²) in [6, 6.07) is 6.96. The zero-order valence-corrected chi connectivity index (χ0v) is 12.1. The molecular weight excluding hydrogens is 328 g/mol. The van der Waals surface area contributed by atoms with Crippen LogP contribution in [-0.2, 0) is 16.6 Å². The zero-order valence-electron chi connectivity index (χ0n) is 10.3. The molecule has 1 heterocycles. The van der Waals surface area contributed by atoms with Gasteiger partial charge in [0.25, 0.3) is 0 Å². The summed E-state index contributed by atoms with van der Waals surface area (Å²) >= 11 is 0. The third-order valence-corrected chi connectivity index (χ3v) is 4.87. The van der Waals surface area contributed by atoms with Gasteiger partial charge in [-0.25, -0.2) is 4.39 Å². The van der Waals surface area contributed by atoms with Crippen LogP contribution in [0.4, 0.5) is 29.6 Å². The Bertz CT molecular complexity index is 422. The Hall–Kier alpha value is -0.490. The third kappa shape index (κ3) is 11.3. The maximum absolute atomic E-state index is 12.6. The maximum atomic E-state index is 12.6. The number of rotatable bonds is 2. The molecule has 1 aliphatic rings. The van der Waals surface area contributed by atoms with E-state index in [1.165, 1.54) is 35.7 Å². The molecule has 1 saturated heterocycles. The molecule has 2 rings (SSSR count). The molecule has 0 unspecified atom stereocenters. The van der Waals surface area contributed by atoms with Crippen molar-refractivity contribution in [2.24, 2.45) is 0 Å². The predicted molar refractivity (Wildman–Crippen MR) is 70.0 cm³/mol. The summed E-state index contributed by atoms with van der Waals surface area (Å²) in [6.45, 7) is 0. The van der Waals surface area contributed by atoms with E-state index in [2.05, 4.69) is 0 Å². The molecule has 0 aliphatic carbocycles. The summed E-state index contributed by atoms with van der Waals surface area (Å²) in [5.74, 6) is 3.81. The Labute approximate surface area is 114 Å². The van der Waals surface area contributed by atoms with E-state index in [4.69, 9.17) is 0 Å². The van der Waals surface area contributed by atoms with Crippen molar-refractivity contribution >= 4 is 18.7 Å². The minimum absolute atomic E-state index is 0.126. The van der Waals surface area contributed by atoms with Gasteiger partial charge >= 0.3 is 33.0 Å². The van der Waals surface area contributed by atoms with Crippen LogP contribution in [0.3, 0.4) is 0 Å². The Morgan fingerprint density at radius 2 is 1.25 bits per heavy atom. The van der Waals surface area contributed by atoms with Crippen molar-refractivity contribution in [3.63, 3.8) is 0 Å². The molecule has 0 N–H and O–H groups in total. The summed E-state index contributed by atoms with van der Waals surface area (Å²) < 4.78 is 71.8. The zero-order chi connectivity index (χ0) is 15.5. The second kappa shape index (κ2) is 5.37. The molecule has 1 fully saturated rings. The molecule has 0 aromatic heterocycles. The molecule has 0 spiro atoms. The van der Waals surface area contributed by atoms with Gasteiger partial charge in [-0.15, -0.1) is 0 Å². The van der Waals surface area contributed by atoms with Gasteiger partial charge in [-0.1, -0.05) is 12.1 Å². The van der Waals surface area contributed by atoms with E-state index in [9.17, 15) is 29.6 Å². The van der Waals surface area contributed by atoms with E-state index < -0.39 is 7.81 Å². The Kier molecular flexibility index (Phi) is 4.71. The molecular formula is C11H14F7PS. The van der Waals surface area contributed by atoms with Crippen molar-refractivity contribution in [1.82, 2.24) is 0 Å². The first-order valence-corrected chi connectivity index (χ1v) is 9.50. The standard InChI is InChI=1S/C11H14FS.F6P/c12-11-5-3-10(4-6-11)9-13-7-1-2-8-13;1-7(2,3,4,5)6/h3-6H,1-2,7-9H2;/q+1;-1. The number of halogens is 7. The fourth-order valence-corrected chi connectivity index (χ4v) is 4.06. The van der Waals surface area contributed by atoms with Gasteiger partial charge in [0.05, 0.1) is 0 Å². The summed E-state index contributed by atoms with van der Waals surface area (Å²) in [7, 11) is -10.1. The molecule has 20 heavy (non-hydrogen) atoms. The van der Waals surface area contributed by atoms with Crippen molar-refractivity contribution in [3.8, 4) is 0 Å². The van der Waals surface area contributed by atoms with Gasteiger partial charge in [-0.05, 0) is 35.9 Å². The molecule has 0 bridgehead atoms. The molecule has 0 atom stereocenters. The van der Waals surface area contributed by atoms with Crippen LogP contribution in [0, 0.1) is 5.82 Å². The second-order valence-electron chi connectivity index (χ2n) is 4.46. The van der Waals surface area contributed by atoms with E-state index in [-0.39, 0.29) is 5.82 Å². The molecule has 0 nitrogen and oxygen atoms in total. The van der Waals surface area contributed by atoms with Crippen LogP contribution in [0.15, 0.2) is 24.3 Å². The average molecular weight is 342 g/mol. The van der Waals surface area contributed by atoms with Gasteiger partial charge < -0.3 is 0 Å². The molecule has 1 aliphatic heterocycles. The fraction of sp³-hybridized carbons (Fsp3) is 0.455. The quantitative estimate of drug-likeness (QED) is 0.345. The van der Waals surface area contributed by atoms with E-state index in [0.29, 0.717) is 10.9 Å². The van der Waals surface area contributed by atoms with Gasteiger partial charge in [0, 0.05) is 5.56 Å². The first-order chi connectivity index (χ1) is 8.79. The summed E-state index contributed by atoms with van der Waals surface area (Å²) in [6.07, 6.45) is 2.79. The summed E-state index contributed by atoms with van der Waals surface area (Å²) in [5.41, 5.74) is 1.30. The molecule has 0 radical (unpaired) electrons. The normalized spacial score (nSPS) is 19.8. The van der Waals surface area contributed by atoms with E-state index in [0.717, 1.165) is 0 Å². The maximum Gasteiger partial charge on any atom is 0.133 e. The minimum atomic E-state index is -10.7. The van der Waals surface area contributed by atoms with Crippen LogP contribution in [0.1, 0.15) is 18.4 Å². The van der Waals surface area contributed by atoms with Crippen molar-refractivity contribution < 1.29 is 29.6 Å². The predicted octanol–water partition coefficient (Wildman–Crippen LogP) is 6.12. The van der Waals surface area contributed by atoms with Crippen LogP contribution >= 0.6 is 7.81 Å². The van der Waals surface area contributed by atoms with Crippen LogP contribution in [0.5, 0.6) is 0 Å². The molecule has 118 valence electrons. The Balaban J connectivity index is 0.000000246. The van der Waals surface area contributed by atoms with Crippen LogP contribution in [0.2, 0.25) is 0 Å². The molecule has 9 heteroatoms. The number of hydrogen-bond acceptors (Lipinski definition) is 0. The summed E-state index contributed by atoms with van der Waals surface area (Å²) in [4.78, 5) is 0. The van der Waals surface area contributed by atoms with Gasteiger partial charge in [0.2, 0.25) is 0 Å². The monoisotopic (exact) mass is 342 g/mol. The smallest absolute Gasteiger partial charge is 0.133 e. The summed E-state index contributed by atoms with van der Waals surface area (Å²) in [5, 5.41) is 0. The van der Waals surface area contributed by atoms with Crippen LogP contribution < -0.4 is 0 Å². The van der Waals surface area contributed by atoms with E-state index >= 15 is 0 Å². The van der Waals surface area contributed by atoms with Crippen molar-refractivity contribution in [3.05, 3.63) is 35.6 Å². The average Bonchev–Trinajstić information content (AvgIpc) is 2.69. The SMILES string of the molecule is F[P-](F)(F)(F)(F)F.Fc1ccc(C[S+]2CCCC2)cc1. The fourth-order valence-electron chi connectivity index (χ4n) is 1.68. The first kappa shape index (κ1) is 17.6. The third-order valence-electron chi connectivity index (χ3n) is 2.40. The van der Waals surface area contributed by atoms with Crippen LogP contribution in [0.25, 0.3) is 0 Å². The number of benzene rings is 1. The topological polar surface area (TPSA) is 0 Å². The largest absolute Gasteiger partial charge is 0.207 e. The first-order valence-electron chi connectivity index (χ1n) is 5.74. The van der Waals surface area contributed by atoms with Crippen molar-refractivity contribution in [2.75, 3.05) is 11.5 Å². The molecule has 0 amide bonds. The van der Waals surface area contributed by atoms with Crippen molar-refractivity contribution in [1.29, 1.82) is 0 Å². The van der Waals surface area contributed by atoms with Crippen LogP contribution in [-0.4, -0.2) is 11.5 Å². The molecule has 0 saturated carbocycles. The molecule has 1 aromatic carbocycles. The van der Waals surface area contributed by atoms with E-state index in [1.807, 2.05) is 12.1 Å². The van der Waals surface area contributed by atoms with Gasteiger partial charge in [-0.2, -0.15) is 0 Å². The Morgan fingerprint density at radius 1 is 0.850 bits per heavy atom. The minimum Gasteiger partial charge on any atom is -0.207 e. The van der Waals surface area contributed by atoms with Crippen molar-refractivity contribution in [2.45, 2.75) is 18.6 Å². The Morgan fingerprint density at radius 3 is 1.65 bits per heavy atom. The molecule has 1 aromatic rings. The second-order valence-corrected chi connectivity index (χ2v) is 8.70. The number of hydrogen-bond donors (Lipinski definition) is 0. The van der Waals surface area contributed by atoms with Gasteiger partial charge in [0.1, 0.15) is 23.1 Å². The van der Waals surface area contributed by atoms with Gasteiger partial charge in [-0.3, -0.25) is 0 Å². The van der Waals surface area contributed by atoms with Gasteiger partial charge in [0.15, 0.2) is 0 Å².